The highest BCUT2D eigenvalue weighted by atomic mass is 32.2. The molecule has 0 radical (unpaired) electrons. The standard InChI is InChI=1S/C16H22FN3O2S/c1-4-23(21,22)10-9-18-12(2)16-11-19-20(13(16)3)15-7-5-14(17)6-8-15/h5-8,11-12,18H,4,9-10H2,1-3H3/t12-/m0/s1. The monoisotopic (exact) mass is 339 g/mol. The fourth-order valence-corrected chi connectivity index (χ4v) is 3.09. The summed E-state index contributed by atoms with van der Waals surface area (Å²) in [5.41, 5.74) is 2.72. The minimum absolute atomic E-state index is 0.0174. The average molecular weight is 339 g/mol. The first kappa shape index (κ1) is 17.6. The predicted molar refractivity (Wildman–Crippen MR) is 89.0 cm³/mol. The van der Waals surface area contributed by atoms with E-state index in [1.807, 2.05) is 13.8 Å². The van der Waals surface area contributed by atoms with E-state index in [1.54, 1.807) is 29.9 Å². The van der Waals surface area contributed by atoms with Gasteiger partial charge < -0.3 is 5.32 Å². The van der Waals surface area contributed by atoms with Gasteiger partial charge in [0.05, 0.1) is 17.6 Å². The van der Waals surface area contributed by atoms with E-state index in [-0.39, 0.29) is 23.4 Å². The third-order valence-electron chi connectivity index (χ3n) is 3.89. The molecule has 0 bridgehead atoms. The van der Waals surface area contributed by atoms with E-state index in [4.69, 9.17) is 0 Å². The zero-order valence-corrected chi connectivity index (χ0v) is 14.4. The molecule has 126 valence electrons. The van der Waals surface area contributed by atoms with Crippen molar-refractivity contribution < 1.29 is 12.8 Å². The topological polar surface area (TPSA) is 64.0 Å². The molecule has 1 N–H and O–H groups in total. The van der Waals surface area contributed by atoms with E-state index in [0.717, 1.165) is 16.9 Å². The first-order valence-electron chi connectivity index (χ1n) is 7.58. The van der Waals surface area contributed by atoms with Crippen LogP contribution in [0, 0.1) is 12.7 Å². The number of hydrogen-bond donors (Lipinski definition) is 1. The fraction of sp³-hybridized carbons (Fsp3) is 0.438. The number of sulfone groups is 1. The maximum atomic E-state index is 13.0. The fourth-order valence-electron chi connectivity index (χ4n) is 2.38. The quantitative estimate of drug-likeness (QED) is 0.841. The lowest BCUT2D eigenvalue weighted by atomic mass is 10.1. The summed E-state index contributed by atoms with van der Waals surface area (Å²) in [5.74, 6) is -0.00483. The normalized spacial score (nSPS) is 13.2. The lowest BCUT2D eigenvalue weighted by Crippen LogP contribution is -2.26. The molecule has 23 heavy (non-hydrogen) atoms. The molecule has 5 nitrogen and oxygen atoms in total. The molecule has 0 amide bonds. The van der Waals surface area contributed by atoms with E-state index >= 15 is 0 Å². The van der Waals surface area contributed by atoms with Gasteiger partial charge in [-0.15, -0.1) is 0 Å². The first-order chi connectivity index (χ1) is 10.8. The smallest absolute Gasteiger partial charge is 0.151 e. The molecular weight excluding hydrogens is 317 g/mol. The molecule has 0 fully saturated rings. The molecule has 1 heterocycles. The largest absolute Gasteiger partial charge is 0.309 e. The van der Waals surface area contributed by atoms with Crippen LogP contribution in [0.2, 0.25) is 0 Å². The Hall–Kier alpha value is -1.73. The molecule has 7 heteroatoms. The van der Waals surface area contributed by atoms with Gasteiger partial charge in [-0.25, -0.2) is 17.5 Å². The molecule has 2 rings (SSSR count). The Bertz CT molecular complexity index is 754. The highest BCUT2D eigenvalue weighted by molar-refractivity contribution is 7.91. The molecule has 0 spiro atoms. The van der Waals surface area contributed by atoms with Gasteiger partial charge in [0.2, 0.25) is 0 Å². The third-order valence-corrected chi connectivity index (χ3v) is 5.59. The van der Waals surface area contributed by atoms with Crippen molar-refractivity contribution >= 4 is 9.84 Å². The van der Waals surface area contributed by atoms with Gasteiger partial charge in [0.25, 0.3) is 0 Å². The highest BCUT2D eigenvalue weighted by Crippen LogP contribution is 2.20. The van der Waals surface area contributed by atoms with Crippen molar-refractivity contribution in [2.75, 3.05) is 18.1 Å². The van der Waals surface area contributed by atoms with E-state index in [2.05, 4.69) is 10.4 Å². The molecule has 1 aromatic carbocycles. The number of benzene rings is 1. The summed E-state index contributed by atoms with van der Waals surface area (Å²) in [4.78, 5) is 0. The van der Waals surface area contributed by atoms with Crippen molar-refractivity contribution in [3.8, 4) is 5.69 Å². The van der Waals surface area contributed by atoms with Gasteiger partial charge >= 0.3 is 0 Å². The zero-order valence-electron chi connectivity index (χ0n) is 13.6. The Morgan fingerprint density at radius 3 is 2.57 bits per heavy atom. The predicted octanol–water partition coefficient (Wildman–Crippen LogP) is 2.41. The summed E-state index contributed by atoms with van der Waals surface area (Å²) in [6, 6.07) is 6.12. The number of rotatable bonds is 7. The maximum Gasteiger partial charge on any atom is 0.151 e. The molecule has 0 aliphatic carbocycles. The van der Waals surface area contributed by atoms with Crippen LogP contribution in [0.25, 0.3) is 5.69 Å². The van der Waals surface area contributed by atoms with Gasteiger partial charge in [-0.05, 0) is 38.1 Å². The van der Waals surface area contributed by atoms with Crippen LogP contribution in [-0.2, 0) is 9.84 Å². The molecule has 0 aliphatic rings. The molecule has 0 unspecified atom stereocenters. The van der Waals surface area contributed by atoms with Crippen LogP contribution < -0.4 is 5.32 Å². The van der Waals surface area contributed by atoms with Crippen molar-refractivity contribution in [3.63, 3.8) is 0 Å². The van der Waals surface area contributed by atoms with Crippen molar-refractivity contribution in [2.24, 2.45) is 0 Å². The molecule has 1 aromatic heterocycles. The van der Waals surface area contributed by atoms with Gasteiger partial charge in [0.15, 0.2) is 9.84 Å². The number of nitrogens with one attached hydrogen (secondary N) is 1. The van der Waals surface area contributed by atoms with E-state index in [1.165, 1.54) is 12.1 Å². The number of hydrogen-bond acceptors (Lipinski definition) is 4. The molecular formula is C16H22FN3O2S. The Kier molecular flexibility index (Phi) is 5.54. The van der Waals surface area contributed by atoms with Gasteiger partial charge in [-0.1, -0.05) is 6.92 Å². The van der Waals surface area contributed by atoms with Gasteiger partial charge in [-0.3, -0.25) is 0 Å². The van der Waals surface area contributed by atoms with Crippen molar-refractivity contribution in [1.82, 2.24) is 15.1 Å². The van der Waals surface area contributed by atoms with Crippen LogP contribution in [0.15, 0.2) is 30.5 Å². The second-order valence-electron chi connectivity index (χ2n) is 5.49. The first-order valence-corrected chi connectivity index (χ1v) is 9.40. The summed E-state index contributed by atoms with van der Waals surface area (Å²) in [6.45, 7) is 5.96. The molecule has 0 saturated carbocycles. The lowest BCUT2D eigenvalue weighted by Gasteiger charge is -2.14. The molecule has 0 aliphatic heterocycles. The molecule has 1 atom stereocenters. The SMILES string of the molecule is CCS(=O)(=O)CCN[C@@H](C)c1cnn(-c2ccc(F)cc2)c1C. The van der Waals surface area contributed by atoms with E-state index in [9.17, 15) is 12.8 Å². The summed E-state index contributed by atoms with van der Waals surface area (Å²) in [7, 11) is -2.97. The minimum Gasteiger partial charge on any atom is -0.309 e. The van der Waals surface area contributed by atoms with Crippen LogP contribution in [0.1, 0.15) is 31.1 Å². The third kappa shape index (κ3) is 4.39. The van der Waals surface area contributed by atoms with Crippen LogP contribution in [0.3, 0.4) is 0 Å². The molecule has 2 aromatic rings. The minimum atomic E-state index is -2.97. The molecule has 0 saturated heterocycles. The van der Waals surface area contributed by atoms with Crippen molar-refractivity contribution in [1.29, 1.82) is 0 Å². The van der Waals surface area contributed by atoms with Crippen LogP contribution in [0.4, 0.5) is 4.39 Å². The second kappa shape index (κ2) is 7.23. The zero-order chi connectivity index (χ0) is 17.0. The van der Waals surface area contributed by atoms with Gasteiger partial charge in [-0.2, -0.15) is 5.10 Å². The van der Waals surface area contributed by atoms with E-state index in [0.29, 0.717) is 6.54 Å². The van der Waals surface area contributed by atoms with Crippen LogP contribution in [-0.4, -0.2) is 36.2 Å². The van der Waals surface area contributed by atoms with Crippen LogP contribution in [0.5, 0.6) is 0 Å². The summed E-state index contributed by atoms with van der Waals surface area (Å²) in [5, 5.41) is 7.56. The van der Waals surface area contributed by atoms with Crippen molar-refractivity contribution in [3.05, 3.63) is 47.5 Å². The van der Waals surface area contributed by atoms with Gasteiger partial charge in [0.1, 0.15) is 5.82 Å². The van der Waals surface area contributed by atoms with E-state index < -0.39 is 9.84 Å². The second-order valence-corrected chi connectivity index (χ2v) is 7.96. The Balaban J connectivity index is 2.08. The number of halogens is 1. The summed E-state index contributed by atoms with van der Waals surface area (Å²) < 4.78 is 37.8. The Morgan fingerprint density at radius 1 is 1.30 bits per heavy atom. The average Bonchev–Trinajstić information content (AvgIpc) is 2.89. The Labute approximate surface area is 136 Å². The summed E-state index contributed by atoms with van der Waals surface area (Å²) in [6.07, 6.45) is 1.75. The number of nitrogens with zero attached hydrogens (tertiary/aromatic N) is 2. The summed E-state index contributed by atoms with van der Waals surface area (Å²) >= 11 is 0. The maximum absolute atomic E-state index is 13.0. The highest BCUT2D eigenvalue weighted by Gasteiger charge is 2.15. The number of aromatic nitrogens is 2. The Morgan fingerprint density at radius 2 is 1.96 bits per heavy atom. The van der Waals surface area contributed by atoms with Crippen LogP contribution >= 0.6 is 0 Å². The van der Waals surface area contributed by atoms with Crippen molar-refractivity contribution in [2.45, 2.75) is 26.8 Å². The van der Waals surface area contributed by atoms with Gasteiger partial charge in [0, 0.05) is 29.6 Å². The lowest BCUT2D eigenvalue weighted by molar-refractivity contribution is 0.571.